The molecular formula is C22H23ClN4O. The van der Waals surface area contributed by atoms with Crippen molar-refractivity contribution in [3.05, 3.63) is 70.0 Å². The van der Waals surface area contributed by atoms with E-state index in [0.717, 1.165) is 24.8 Å². The van der Waals surface area contributed by atoms with Crippen molar-refractivity contribution in [3.8, 4) is 0 Å². The lowest BCUT2D eigenvalue weighted by Gasteiger charge is -2.20. The van der Waals surface area contributed by atoms with Gasteiger partial charge in [-0.3, -0.25) is 4.79 Å². The first-order chi connectivity index (χ1) is 13.7. The van der Waals surface area contributed by atoms with Crippen molar-refractivity contribution in [2.24, 2.45) is 4.99 Å². The van der Waals surface area contributed by atoms with Crippen LogP contribution in [0.4, 0.5) is 11.4 Å². The molecule has 1 heterocycles. The number of rotatable bonds is 4. The summed E-state index contributed by atoms with van der Waals surface area (Å²) in [5, 5.41) is 10.3. The van der Waals surface area contributed by atoms with Crippen LogP contribution in [0.15, 0.2) is 58.3 Å². The van der Waals surface area contributed by atoms with E-state index in [2.05, 4.69) is 39.1 Å². The van der Waals surface area contributed by atoms with Crippen LogP contribution < -0.4 is 16.0 Å². The fourth-order valence-electron chi connectivity index (χ4n) is 3.59. The van der Waals surface area contributed by atoms with Gasteiger partial charge in [-0.1, -0.05) is 36.2 Å². The molecule has 2 aromatic carbocycles. The number of nitrogens with zero attached hydrogens (tertiary/aromatic N) is 1. The molecule has 0 unspecified atom stereocenters. The van der Waals surface area contributed by atoms with E-state index in [9.17, 15) is 4.79 Å². The molecule has 1 aliphatic carbocycles. The van der Waals surface area contributed by atoms with Gasteiger partial charge in [-0.15, -0.1) is 0 Å². The van der Waals surface area contributed by atoms with Gasteiger partial charge in [-0.05, 0) is 61.1 Å². The van der Waals surface area contributed by atoms with Gasteiger partial charge in [0.05, 0.1) is 17.3 Å². The van der Waals surface area contributed by atoms with Crippen molar-refractivity contribution in [1.29, 1.82) is 0 Å². The van der Waals surface area contributed by atoms with Gasteiger partial charge in [-0.2, -0.15) is 4.99 Å². The van der Waals surface area contributed by atoms with Crippen molar-refractivity contribution in [2.75, 3.05) is 17.2 Å². The minimum Gasteiger partial charge on any atom is -0.351 e. The standard InChI is InChI=1S/C22H23ClN4O/c23-19-13-24-22(27-21(19)26-20-9-5-4-8-17(20)14-28)25-18-11-10-15-6-2-1-3-7-16(15)12-18/h4-5,8-12,14,26H,1-3,6-7,13H2,(H2,24,25,27). The van der Waals surface area contributed by atoms with Crippen molar-refractivity contribution >= 4 is 35.2 Å². The Kier molecular flexibility index (Phi) is 5.63. The maximum atomic E-state index is 11.2. The van der Waals surface area contributed by atoms with E-state index in [0.29, 0.717) is 34.6 Å². The smallest absolute Gasteiger partial charge is 0.202 e. The van der Waals surface area contributed by atoms with Crippen LogP contribution in [0.1, 0.15) is 40.7 Å². The zero-order valence-corrected chi connectivity index (χ0v) is 16.4. The zero-order chi connectivity index (χ0) is 19.3. The van der Waals surface area contributed by atoms with Crippen LogP contribution in [0, 0.1) is 0 Å². The number of aryl methyl sites for hydroxylation is 2. The van der Waals surface area contributed by atoms with E-state index in [1.165, 1.54) is 30.4 Å². The van der Waals surface area contributed by atoms with Crippen LogP contribution in [-0.4, -0.2) is 18.8 Å². The average Bonchev–Trinajstić information content (AvgIpc) is 2.96. The summed E-state index contributed by atoms with van der Waals surface area (Å²) in [7, 11) is 0. The molecule has 0 saturated heterocycles. The largest absolute Gasteiger partial charge is 0.351 e. The molecule has 0 atom stereocenters. The number of nitrogens with one attached hydrogen (secondary N) is 3. The third kappa shape index (κ3) is 4.20. The number of para-hydroxylation sites is 1. The minimum absolute atomic E-state index is 0.462. The number of anilines is 2. The maximum absolute atomic E-state index is 11.2. The Morgan fingerprint density at radius 3 is 2.68 bits per heavy atom. The number of carbonyl (C=O) groups is 1. The molecule has 2 aromatic rings. The minimum atomic E-state index is 0.462. The molecule has 6 heteroatoms. The lowest BCUT2D eigenvalue weighted by molar-refractivity contribution is 0.112. The quantitative estimate of drug-likeness (QED) is 0.521. The number of carbonyl (C=O) groups excluding carboxylic acids is 1. The molecule has 0 bridgehead atoms. The van der Waals surface area contributed by atoms with E-state index in [1.807, 2.05) is 18.2 Å². The van der Waals surface area contributed by atoms with Gasteiger partial charge in [-0.25, -0.2) is 0 Å². The van der Waals surface area contributed by atoms with Gasteiger partial charge in [0, 0.05) is 11.3 Å². The first-order valence-corrected chi connectivity index (χ1v) is 10.0. The van der Waals surface area contributed by atoms with E-state index < -0.39 is 0 Å². The first kappa shape index (κ1) is 18.6. The molecule has 2 aliphatic rings. The maximum Gasteiger partial charge on any atom is 0.202 e. The van der Waals surface area contributed by atoms with Crippen molar-refractivity contribution in [2.45, 2.75) is 32.1 Å². The Morgan fingerprint density at radius 2 is 1.82 bits per heavy atom. The summed E-state index contributed by atoms with van der Waals surface area (Å²) < 4.78 is 0. The monoisotopic (exact) mass is 394 g/mol. The van der Waals surface area contributed by atoms with Gasteiger partial charge >= 0.3 is 0 Å². The highest BCUT2D eigenvalue weighted by atomic mass is 35.5. The van der Waals surface area contributed by atoms with Crippen molar-refractivity contribution in [3.63, 3.8) is 0 Å². The van der Waals surface area contributed by atoms with E-state index in [1.54, 1.807) is 6.07 Å². The molecule has 3 N–H and O–H groups in total. The highest BCUT2D eigenvalue weighted by Crippen LogP contribution is 2.25. The molecule has 144 valence electrons. The third-order valence-corrected chi connectivity index (χ3v) is 5.41. The highest BCUT2D eigenvalue weighted by molar-refractivity contribution is 6.31. The second kappa shape index (κ2) is 8.48. The predicted molar refractivity (Wildman–Crippen MR) is 115 cm³/mol. The Hall–Kier alpha value is -2.79. The predicted octanol–water partition coefficient (Wildman–Crippen LogP) is 4.66. The number of halogens is 1. The molecule has 0 fully saturated rings. The zero-order valence-electron chi connectivity index (χ0n) is 15.6. The normalized spacial score (nSPS) is 16.4. The highest BCUT2D eigenvalue weighted by Gasteiger charge is 2.15. The van der Waals surface area contributed by atoms with Crippen LogP contribution >= 0.6 is 11.6 Å². The summed E-state index contributed by atoms with van der Waals surface area (Å²) in [6, 6.07) is 13.8. The summed E-state index contributed by atoms with van der Waals surface area (Å²) in [4.78, 5) is 15.8. The number of benzene rings is 2. The lowest BCUT2D eigenvalue weighted by Crippen LogP contribution is -2.35. The molecule has 28 heavy (non-hydrogen) atoms. The molecule has 0 spiro atoms. The number of hydrogen-bond donors (Lipinski definition) is 3. The third-order valence-electron chi connectivity index (χ3n) is 5.09. The molecular weight excluding hydrogens is 372 g/mol. The summed E-state index contributed by atoms with van der Waals surface area (Å²) in [6.07, 6.45) is 6.93. The number of aldehydes is 1. The Labute approximate surface area is 169 Å². The summed E-state index contributed by atoms with van der Waals surface area (Å²) >= 11 is 6.34. The van der Waals surface area contributed by atoms with Crippen LogP contribution in [0.2, 0.25) is 0 Å². The van der Waals surface area contributed by atoms with Crippen LogP contribution in [0.5, 0.6) is 0 Å². The molecule has 1 aliphatic heterocycles. The Morgan fingerprint density at radius 1 is 1.00 bits per heavy atom. The van der Waals surface area contributed by atoms with Crippen molar-refractivity contribution < 1.29 is 4.79 Å². The summed E-state index contributed by atoms with van der Waals surface area (Å²) in [5.74, 6) is 1.16. The topological polar surface area (TPSA) is 65.5 Å². The number of guanidine groups is 1. The number of fused-ring (bicyclic) bond motifs is 1. The SMILES string of the molecule is O=Cc1ccccc1NC1=C(Cl)CNC(Nc2ccc3c(c2)CCCCC3)=N1. The van der Waals surface area contributed by atoms with Gasteiger partial charge in [0.25, 0.3) is 0 Å². The Bertz CT molecular complexity index is 951. The summed E-state index contributed by atoms with van der Waals surface area (Å²) in [5.41, 5.74) is 5.13. The van der Waals surface area contributed by atoms with Crippen molar-refractivity contribution in [1.82, 2.24) is 5.32 Å². The Balaban J connectivity index is 1.53. The first-order valence-electron chi connectivity index (χ1n) is 9.64. The molecule has 0 amide bonds. The van der Waals surface area contributed by atoms with Gasteiger partial charge in [0.15, 0.2) is 12.1 Å². The van der Waals surface area contributed by atoms with Crippen LogP contribution in [0.25, 0.3) is 0 Å². The van der Waals surface area contributed by atoms with E-state index in [4.69, 9.17) is 11.6 Å². The fourth-order valence-corrected chi connectivity index (χ4v) is 3.75. The van der Waals surface area contributed by atoms with Gasteiger partial charge < -0.3 is 16.0 Å². The molecule has 0 aromatic heterocycles. The molecule has 0 radical (unpaired) electrons. The second-order valence-electron chi connectivity index (χ2n) is 7.07. The molecule has 5 nitrogen and oxygen atoms in total. The van der Waals surface area contributed by atoms with Gasteiger partial charge in [0.1, 0.15) is 0 Å². The van der Waals surface area contributed by atoms with E-state index in [-0.39, 0.29) is 0 Å². The average molecular weight is 395 g/mol. The van der Waals surface area contributed by atoms with E-state index >= 15 is 0 Å². The molecule has 4 rings (SSSR count). The lowest BCUT2D eigenvalue weighted by atomic mass is 10.0. The fraction of sp³-hybridized carbons (Fsp3) is 0.273. The van der Waals surface area contributed by atoms with Crippen LogP contribution in [0.3, 0.4) is 0 Å². The number of aliphatic imine (C=N–C) groups is 1. The summed E-state index contributed by atoms with van der Waals surface area (Å²) in [6.45, 7) is 0.462. The molecule has 0 saturated carbocycles. The van der Waals surface area contributed by atoms with Crippen LogP contribution in [-0.2, 0) is 12.8 Å². The van der Waals surface area contributed by atoms with Gasteiger partial charge in [0.2, 0.25) is 5.96 Å². The second-order valence-corrected chi connectivity index (χ2v) is 7.52. The number of hydrogen-bond acceptors (Lipinski definition) is 5.